The molecule has 0 saturated carbocycles. The Kier molecular flexibility index (Phi) is 5.11. The summed E-state index contributed by atoms with van der Waals surface area (Å²) < 4.78 is 0. The van der Waals surface area contributed by atoms with E-state index in [1.165, 1.54) is 0 Å². The number of hydrogen-bond donors (Lipinski definition) is 1. The van der Waals surface area contributed by atoms with Gasteiger partial charge in [0.1, 0.15) is 5.82 Å². The Hall–Kier alpha value is -1.91. The van der Waals surface area contributed by atoms with Crippen molar-refractivity contribution in [3.8, 4) is 0 Å². The van der Waals surface area contributed by atoms with E-state index in [1.54, 1.807) is 0 Å². The van der Waals surface area contributed by atoms with Crippen LogP contribution in [0.4, 0.5) is 5.82 Å². The van der Waals surface area contributed by atoms with Crippen molar-refractivity contribution in [1.82, 2.24) is 15.3 Å². The first-order valence-electron chi connectivity index (χ1n) is 8.64. The number of aryl methyl sites for hydroxylation is 1. The summed E-state index contributed by atoms with van der Waals surface area (Å²) in [7, 11) is 2.04. The van der Waals surface area contributed by atoms with Crippen LogP contribution in [0.3, 0.4) is 0 Å². The molecule has 5 heteroatoms. The Morgan fingerprint density at radius 2 is 1.88 bits per heavy atom. The van der Waals surface area contributed by atoms with Gasteiger partial charge < -0.3 is 10.2 Å². The van der Waals surface area contributed by atoms with Gasteiger partial charge >= 0.3 is 0 Å². The van der Waals surface area contributed by atoms with Crippen LogP contribution in [-0.4, -0.2) is 35.6 Å². The zero-order valence-corrected chi connectivity index (χ0v) is 15.9. The fourth-order valence-electron chi connectivity index (χ4n) is 3.19. The van der Waals surface area contributed by atoms with Gasteiger partial charge in [-0.2, -0.15) is 0 Å². The van der Waals surface area contributed by atoms with Crippen LogP contribution in [-0.2, 0) is 0 Å². The predicted octanol–water partition coefficient (Wildman–Crippen LogP) is 4.08. The van der Waals surface area contributed by atoms with Gasteiger partial charge in [0.2, 0.25) is 0 Å². The highest BCUT2D eigenvalue weighted by Gasteiger charge is 2.29. The minimum Gasteiger partial charge on any atom is -0.355 e. The highest BCUT2D eigenvalue weighted by atomic mass is 35.5. The molecule has 1 fully saturated rings. The third kappa shape index (κ3) is 3.86. The van der Waals surface area contributed by atoms with Crippen LogP contribution in [0, 0.1) is 6.92 Å². The molecule has 3 rings (SSSR count). The average Bonchev–Trinajstić information content (AvgIpc) is 2.62. The molecule has 1 aromatic carbocycles. The number of aromatic nitrogens is 2. The van der Waals surface area contributed by atoms with E-state index in [0.717, 1.165) is 54.3 Å². The first-order valence-corrected chi connectivity index (χ1v) is 9.02. The van der Waals surface area contributed by atoms with Gasteiger partial charge in [-0.25, -0.2) is 4.98 Å². The van der Waals surface area contributed by atoms with E-state index in [9.17, 15) is 0 Å². The van der Waals surface area contributed by atoms with Crippen molar-refractivity contribution in [2.45, 2.75) is 32.2 Å². The molecule has 25 heavy (non-hydrogen) atoms. The van der Waals surface area contributed by atoms with Gasteiger partial charge in [-0.05, 0) is 51.4 Å². The van der Waals surface area contributed by atoms with Crippen LogP contribution in [0.15, 0.2) is 37.0 Å². The van der Waals surface area contributed by atoms with Gasteiger partial charge in [-0.3, -0.25) is 4.98 Å². The molecular formula is C20H25ClN4. The summed E-state index contributed by atoms with van der Waals surface area (Å²) in [4.78, 5) is 11.8. The highest BCUT2D eigenvalue weighted by Crippen LogP contribution is 2.27. The van der Waals surface area contributed by atoms with Gasteiger partial charge in [-0.15, -0.1) is 0 Å². The Balaban J connectivity index is 1.77. The number of benzene rings is 1. The molecule has 1 saturated heterocycles. The van der Waals surface area contributed by atoms with Crippen molar-refractivity contribution in [3.63, 3.8) is 0 Å². The van der Waals surface area contributed by atoms with E-state index in [1.807, 2.05) is 44.4 Å². The lowest BCUT2D eigenvalue weighted by atomic mass is 9.90. The lowest BCUT2D eigenvalue weighted by Crippen LogP contribution is -2.50. The van der Waals surface area contributed by atoms with Crippen LogP contribution in [0.5, 0.6) is 0 Å². The van der Waals surface area contributed by atoms with Crippen LogP contribution < -0.4 is 10.2 Å². The minimum atomic E-state index is 0.224. The summed E-state index contributed by atoms with van der Waals surface area (Å²) in [5, 5.41) is 4.14. The summed E-state index contributed by atoms with van der Waals surface area (Å²) in [5.41, 5.74) is 3.84. The topological polar surface area (TPSA) is 41.1 Å². The number of nitrogens with one attached hydrogen (secondary N) is 1. The average molecular weight is 357 g/mol. The lowest BCUT2D eigenvalue weighted by molar-refractivity contribution is 0.304. The highest BCUT2D eigenvalue weighted by molar-refractivity contribution is 6.30. The van der Waals surface area contributed by atoms with Crippen molar-refractivity contribution in [2.75, 3.05) is 25.0 Å². The zero-order chi connectivity index (χ0) is 18.0. The van der Waals surface area contributed by atoms with Crippen molar-refractivity contribution in [3.05, 3.63) is 59.0 Å². The molecule has 0 aliphatic carbocycles. The second kappa shape index (κ2) is 7.14. The molecule has 0 unspecified atom stereocenters. The molecular weight excluding hydrogens is 332 g/mol. The first kappa shape index (κ1) is 17.9. The summed E-state index contributed by atoms with van der Waals surface area (Å²) in [6, 6.07) is 7.66. The number of nitrogens with zero attached hydrogens (tertiary/aromatic N) is 3. The van der Waals surface area contributed by atoms with Gasteiger partial charge in [0, 0.05) is 29.2 Å². The summed E-state index contributed by atoms with van der Waals surface area (Å²) >= 11 is 5.96. The van der Waals surface area contributed by atoms with Crippen molar-refractivity contribution in [2.24, 2.45) is 0 Å². The monoisotopic (exact) mass is 356 g/mol. The van der Waals surface area contributed by atoms with E-state index < -0.39 is 0 Å². The van der Waals surface area contributed by atoms with E-state index >= 15 is 0 Å². The molecule has 0 bridgehead atoms. The third-order valence-corrected chi connectivity index (χ3v) is 5.46. The number of anilines is 1. The predicted molar refractivity (Wildman–Crippen MR) is 105 cm³/mol. The summed E-state index contributed by atoms with van der Waals surface area (Å²) in [6.45, 7) is 10.4. The van der Waals surface area contributed by atoms with E-state index in [2.05, 4.69) is 28.7 Å². The molecule has 1 aliphatic heterocycles. The van der Waals surface area contributed by atoms with Gasteiger partial charge in [0.25, 0.3) is 0 Å². The number of hydrogen-bond acceptors (Lipinski definition) is 4. The normalized spacial score (nSPS) is 16.7. The zero-order valence-electron chi connectivity index (χ0n) is 15.1. The molecule has 132 valence electrons. The van der Waals surface area contributed by atoms with E-state index in [-0.39, 0.29) is 5.54 Å². The maximum absolute atomic E-state index is 5.96. The minimum absolute atomic E-state index is 0.224. The van der Waals surface area contributed by atoms with E-state index in [4.69, 9.17) is 16.6 Å². The molecule has 4 nitrogen and oxygen atoms in total. The number of rotatable bonds is 4. The first-order chi connectivity index (χ1) is 11.9. The number of piperidine rings is 1. The second-order valence-electron chi connectivity index (χ2n) is 6.95. The molecule has 0 radical (unpaired) electrons. The van der Waals surface area contributed by atoms with Gasteiger partial charge in [0.05, 0.1) is 17.6 Å². The van der Waals surface area contributed by atoms with Crippen LogP contribution >= 0.6 is 11.6 Å². The Morgan fingerprint density at radius 1 is 1.24 bits per heavy atom. The molecule has 0 amide bonds. The largest absolute Gasteiger partial charge is 0.355 e. The molecule has 0 atom stereocenters. The fourth-order valence-corrected chi connectivity index (χ4v) is 3.31. The molecule has 1 aliphatic rings. The van der Waals surface area contributed by atoms with E-state index in [0.29, 0.717) is 5.02 Å². The lowest BCUT2D eigenvalue weighted by Gasteiger charge is -2.39. The SMILES string of the molecule is C=C(c1ccc(Cl)cc1)c1ncc(N2CCC(C)(NC)CC2)nc1C. The summed E-state index contributed by atoms with van der Waals surface area (Å²) in [6.07, 6.45) is 4.07. The van der Waals surface area contributed by atoms with Crippen molar-refractivity contribution < 1.29 is 0 Å². The maximum atomic E-state index is 5.96. The molecule has 0 spiro atoms. The van der Waals surface area contributed by atoms with Crippen LogP contribution in [0.25, 0.3) is 5.57 Å². The third-order valence-electron chi connectivity index (χ3n) is 5.21. The Labute approximate surface area is 154 Å². The van der Waals surface area contributed by atoms with Gasteiger partial charge in [0.15, 0.2) is 0 Å². The standard InChI is InChI=1S/C20H25ClN4/c1-14(16-5-7-17(21)8-6-16)19-15(2)24-18(13-23-19)25-11-9-20(3,22-4)10-12-25/h5-8,13,22H,1,9-12H2,2-4H3. The second-order valence-corrected chi connectivity index (χ2v) is 7.38. The number of halogens is 1. The van der Waals surface area contributed by atoms with Crippen LogP contribution in [0.2, 0.25) is 5.02 Å². The Bertz CT molecular complexity index is 762. The molecule has 2 heterocycles. The molecule has 1 N–H and O–H groups in total. The van der Waals surface area contributed by atoms with Crippen molar-refractivity contribution in [1.29, 1.82) is 0 Å². The van der Waals surface area contributed by atoms with Crippen molar-refractivity contribution >= 4 is 23.0 Å². The fraction of sp³-hybridized carbons (Fsp3) is 0.400. The van der Waals surface area contributed by atoms with Gasteiger partial charge in [-0.1, -0.05) is 30.3 Å². The smallest absolute Gasteiger partial charge is 0.147 e. The van der Waals surface area contributed by atoms with Crippen LogP contribution in [0.1, 0.15) is 36.7 Å². The quantitative estimate of drug-likeness (QED) is 0.896. The summed E-state index contributed by atoms with van der Waals surface area (Å²) in [5.74, 6) is 0.948. The molecule has 2 aromatic rings. The Morgan fingerprint density at radius 3 is 2.44 bits per heavy atom. The molecule has 1 aromatic heterocycles. The maximum Gasteiger partial charge on any atom is 0.147 e.